The average Bonchev–Trinajstić information content (AvgIpc) is 3.02. The molecule has 0 saturated heterocycles. The maximum Gasteiger partial charge on any atom is 0.271 e. The van der Waals surface area contributed by atoms with E-state index in [1.54, 1.807) is 43.3 Å². The van der Waals surface area contributed by atoms with Gasteiger partial charge in [0.15, 0.2) is 0 Å². The Morgan fingerprint density at radius 1 is 1.12 bits per heavy atom. The largest absolute Gasteiger partial charge is 0.508 e. The van der Waals surface area contributed by atoms with Crippen molar-refractivity contribution in [1.29, 1.82) is 0 Å². The smallest absolute Gasteiger partial charge is 0.271 e. The number of rotatable bonds is 4. The minimum absolute atomic E-state index is 0.0233. The van der Waals surface area contributed by atoms with Crippen LogP contribution in [-0.4, -0.2) is 26.8 Å². The number of aromatic hydroxyl groups is 2. The lowest BCUT2D eigenvalue weighted by atomic mass is 10.2. The molecule has 1 heterocycles. The monoisotopic (exact) mass is 367 g/mol. The van der Waals surface area contributed by atoms with Crippen molar-refractivity contribution in [1.82, 2.24) is 10.4 Å². The summed E-state index contributed by atoms with van der Waals surface area (Å²) < 4.78 is 0. The number of aromatic nitrogens is 1. The number of phenolic OH excluding ortho intramolecular Hbond substituents is 2. The summed E-state index contributed by atoms with van der Waals surface area (Å²) in [5, 5.41) is 23.8. The van der Waals surface area contributed by atoms with E-state index in [0.717, 1.165) is 21.1 Å². The zero-order chi connectivity index (χ0) is 18.7. The number of hydrogen-bond acceptors (Lipinski definition) is 6. The normalized spacial score (nSPS) is 11.4. The van der Waals surface area contributed by atoms with Crippen molar-refractivity contribution < 1.29 is 15.0 Å². The van der Waals surface area contributed by atoms with Crippen molar-refractivity contribution in [2.75, 3.05) is 0 Å². The maximum atomic E-state index is 12.1. The first kappa shape index (κ1) is 17.6. The van der Waals surface area contributed by atoms with Crippen molar-refractivity contribution in [3.63, 3.8) is 0 Å². The van der Waals surface area contributed by atoms with E-state index in [9.17, 15) is 15.0 Å². The van der Waals surface area contributed by atoms with Crippen LogP contribution in [0.3, 0.4) is 0 Å². The molecule has 0 unspecified atom stereocenters. The first-order valence-electron chi connectivity index (χ1n) is 7.85. The van der Waals surface area contributed by atoms with Crippen molar-refractivity contribution in [3.05, 3.63) is 64.7 Å². The topological polar surface area (TPSA) is 94.8 Å². The molecule has 0 aliphatic carbocycles. The summed E-state index contributed by atoms with van der Waals surface area (Å²) in [6, 6.07) is 12.9. The standard InChI is InChI=1S/C19H17N3O3S/c1-11-17(26-19(20-11)13-6-8-15(23)9-7-13)12(2)21-22-18(25)14-4-3-5-16(24)10-14/h3-10,23-24H,1-2H3,(H,22,25)/b21-12+. The van der Waals surface area contributed by atoms with Gasteiger partial charge in [-0.2, -0.15) is 5.10 Å². The van der Waals surface area contributed by atoms with Gasteiger partial charge in [0, 0.05) is 11.1 Å². The number of hydrogen-bond donors (Lipinski definition) is 3. The third-order valence-corrected chi connectivity index (χ3v) is 4.99. The second-order valence-electron chi connectivity index (χ2n) is 5.67. The molecule has 132 valence electrons. The molecule has 1 aromatic heterocycles. The van der Waals surface area contributed by atoms with E-state index in [1.807, 2.05) is 6.92 Å². The van der Waals surface area contributed by atoms with Gasteiger partial charge in [0.2, 0.25) is 0 Å². The van der Waals surface area contributed by atoms with Gasteiger partial charge in [0.1, 0.15) is 16.5 Å². The Labute approximate surface area is 154 Å². The third-order valence-electron chi connectivity index (χ3n) is 3.67. The fraction of sp³-hybridized carbons (Fsp3) is 0.105. The quantitative estimate of drug-likeness (QED) is 0.484. The van der Waals surface area contributed by atoms with Crippen LogP contribution in [0.1, 0.15) is 27.9 Å². The maximum absolute atomic E-state index is 12.1. The zero-order valence-electron chi connectivity index (χ0n) is 14.2. The Hall–Kier alpha value is -3.19. The molecule has 0 aliphatic heterocycles. The van der Waals surface area contributed by atoms with Crippen LogP contribution in [0.15, 0.2) is 53.6 Å². The van der Waals surface area contributed by atoms with Crippen LogP contribution in [0.5, 0.6) is 11.5 Å². The van der Waals surface area contributed by atoms with Crippen LogP contribution in [-0.2, 0) is 0 Å². The highest BCUT2D eigenvalue weighted by atomic mass is 32.1. The lowest BCUT2D eigenvalue weighted by Crippen LogP contribution is -2.19. The molecule has 7 heteroatoms. The number of nitrogens with zero attached hydrogens (tertiary/aromatic N) is 2. The first-order valence-corrected chi connectivity index (χ1v) is 8.66. The highest BCUT2D eigenvalue weighted by Crippen LogP contribution is 2.29. The number of benzene rings is 2. The fourth-order valence-electron chi connectivity index (χ4n) is 2.36. The number of thiazole rings is 1. The second-order valence-corrected chi connectivity index (χ2v) is 6.67. The van der Waals surface area contributed by atoms with Crippen LogP contribution in [0.4, 0.5) is 0 Å². The van der Waals surface area contributed by atoms with E-state index in [2.05, 4.69) is 15.5 Å². The van der Waals surface area contributed by atoms with E-state index in [-0.39, 0.29) is 11.5 Å². The van der Waals surface area contributed by atoms with E-state index in [4.69, 9.17) is 0 Å². The molecular formula is C19H17N3O3S. The molecule has 0 atom stereocenters. The highest BCUT2D eigenvalue weighted by Gasteiger charge is 2.13. The molecule has 0 aliphatic rings. The minimum Gasteiger partial charge on any atom is -0.508 e. The molecule has 26 heavy (non-hydrogen) atoms. The molecular weight excluding hydrogens is 350 g/mol. The Morgan fingerprint density at radius 3 is 2.54 bits per heavy atom. The number of aryl methyl sites for hydroxylation is 1. The van der Waals surface area contributed by atoms with Gasteiger partial charge in [-0.05, 0) is 56.3 Å². The third kappa shape index (κ3) is 3.89. The van der Waals surface area contributed by atoms with Gasteiger partial charge >= 0.3 is 0 Å². The molecule has 0 radical (unpaired) electrons. The molecule has 3 aromatic rings. The average molecular weight is 367 g/mol. The van der Waals surface area contributed by atoms with Crippen molar-refractivity contribution in [2.45, 2.75) is 13.8 Å². The van der Waals surface area contributed by atoms with Crippen molar-refractivity contribution in [2.24, 2.45) is 5.10 Å². The number of hydrazone groups is 1. The molecule has 0 fully saturated rings. The Balaban J connectivity index is 1.79. The van der Waals surface area contributed by atoms with Gasteiger partial charge in [0.05, 0.1) is 16.3 Å². The van der Waals surface area contributed by atoms with E-state index in [1.165, 1.54) is 23.5 Å². The summed E-state index contributed by atoms with van der Waals surface area (Å²) in [6.45, 7) is 3.68. The predicted molar refractivity (Wildman–Crippen MR) is 102 cm³/mol. The Morgan fingerprint density at radius 2 is 1.85 bits per heavy atom. The molecule has 6 nitrogen and oxygen atoms in total. The van der Waals surface area contributed by atoms with Crippen LogP contribution in [0.2, 0.25) is 0 Å². The molecule has 0 bridgehead atoms. The summed E-state index contributed by atoms with van der Waals surface area (Å²) >= 11 is 1.46. The number of nitrogens with one attached hydrogen (secondary N) is 1. The Kier molecular flexibility index (Phi) is 4.99. The fourth-order valence-corrected chi connectivity index (χ4v) is 3.37. The SMILES string of the molecule is C/C(=N\NC(=O)c1cccc(O)c1)c1sc(-c2ccc(O)cc2)nc1C. The first-order chi connectivity index (χ1) is 12.4. The molecule has 0 spiro atoms. The summed E-state index contributed by atoms with van der Waals surface area (Å²) in [5.41, 5.74) is 5.17. The second kappa shape index (κ2) is 7.37. The van der Waals surface area contributed by atoms with E-state index in [0.29, 0.717) is 11.3 Å². The highest BCUT2D eigenvalue weighted by molar-refractivity contribution is 7.17. The zero-order valence-corrected chi connectivity index (χ0v) is 15.0. The summed E-state index contributed by atoms with van der Waals surface area (Å²) in [5.74, 6) is -0.175. The molecule has 1 amide bonds. The van der Waals surface area contributed by atoms with Crippen LogP contribution < -0.4 is 5.43 Å². The minimum atomic E-state index is -0.402. The molecule has 3 rings (SSSR count). The van der Waals surface area contributed by atoms with Crippen LogP contribution in [0.25, 0.3) is 10.6 Å². The van der Waals surface area contributed by atoms with Gasteiger partial charge in [-0.1, -0.05) is 6.07 Å². The van der Waals surface area contributed by atoms with E-state index >= 15 is 0 Å². The lowest BCUT2D eigenvalue weighted by molar-refractivity contribution is 0.0954. The van der Waals surface area contributed by atoms with Crippen molar-refractivity contribution >= 4 is 23.0 Å². The molecule has 2 aromatic carbocycles. The van der Waals surface area contributed by atoms with Gasteiger partial charge in [-0.25, -0.2) is 10.4 Å². The number of phenols is 2. The van der Waals surface area contributed by atoms with E-state index < -0.39 is 5.91 Å². The lowest BCUT2D eigenvalue weighted by Gasteiger charge is -2.02. The molecule has 0 saturated carbocycles. The van der Waals surface area contributed by atoms with Gasteiger partial charge in [-0.3, -0.25) is 4.79 Å². The van der Waals surface area contributed by atoms with Gasteiger partial charge in [-0.15, -0.1) is 11.3 Å². The van der Waals surface area contributed by atoms with Gasteiger partial charge in [0.25, 0.3) is 5.91 Å². The van der Waals surface area contributed by atoms with Crippen LogP contribution >= 0.6 is 11.3 Å². The summed E-state index contributed by atoms with van der Waals surface area (Å²) in [4.78, 5) is 17.5. The predicted octanol–water partition coefficient (Wildman–Crippen LogP) is 3.68. The molecule has 3 N–H and O–H groups in total. The van der Waals surface area contributed by atoms with Crippen molar-refractivity contribution in [3.8, 4) is 22.1 Å². The van der Waals surface area contributed by atoms with Gasteiger partial charge < -0.3 is 10.2 Å². The summed E-state index contributed by atoms with van der Waals surface area (Å²) in [6.07, 6.45) is 0. The number of carbonyl (C=O) groups excluding carboxylic acids is 1. The van der Waals surface area contributed by atoms with Crippen LogP contribution in [0, 0.1) is 6.92 Å². The number of amides is 1. The number of carbonyl (C=O) groups is 1. The Bertz CT molecular complexity index is 978. The summed E-state index contributed by atoms with van der Waals surface area (Å²) in [7, 11) is 0.